The molecule has 1 aliphatic heterocycles. The summed E-state index contributed by atoms with van der Waals surface area (Å²) in [5, 5.41) is 5.87. The second-order valence-corrected chi connectivity index (χ2v) is 6.11. The van der Waals surface area contributed by atoms with Gasteiger partial charge in [-0.25, -0.2) is 0 Å². The first kappa shape index (κ1) is 15.7. The minimum Gasteiger partial charge on any atom is -0.488 e. The molecular formula is C18H22N4O. The summed E-state index contributed by atoms with van der Waals surface area (Å²) in [6.45, 7) is 5.27. The van der Waals surface area contributed by atoms with Crippen molar-refractivity contribution in [2.45, 2.75) is 32.3 Å². The molecule has 0 aromatic heterocycles. The molecule has 5 nitrogen and oxygen atoms in total. The smallest absolute Gasteiger partial charge is 0.137 e. The summed E-state index contributed by atoms with van der Waals surface area (Å²) < 4.78 is 6.21. The molecule has 1 fully saturated rings. The van der Waals surface area contributed by atoms with E-state index in [0.29, 0.717) is 11.4 Å². The number of benzene rings is 2. The molecule has 1 heterocycles. The van der Waals surface area contributed by atoms with Gasteiger partial charge in [0.25, 0.3) is 0 Å². The molecule has 0 N–H and O–H groups in total. The number of rotatable bonds is 5. The Balaban J connectivity index is 1.84. The number of hydrogen-bond donors (Lipinski definition) is 0. The SMILES string of the molecule is CC(CN1CCCCC1)Oc1c(N=[N+]=[N-])ccc2ccccc12. The topological polar surface area (TPSA) is 61.2 Å². The number of nitrogens with zero attached hydrogens (tertiary/aromatic N) is 4. The van der Waals surface area contributed by atoms with Crippen LogP contribution in [0.25, 0.3) is 21.2 Å². The van der Waals surface area contributed by atoms with Crippen LogP contribution in [0.1, 0.15) is 26.2 Å². The van der Waals surface area contributed by atoms with Gasteiger partial charge in [0.1, 0.15) is 11.9 Å². The highest BCUT2D eigenvalue weighted by atomic mass is 16.5. The molecule has 3 rings (SSSR count). The fourth-order valence-corrected chi connectivity index (χ4v) is 3.23. The van der Waals surface area contributed by atoms with E-state index in [4.69, 9.17) is 10.3 Å². The highest BCUT2D eigenvalue weighted by Gasteiger charge is 2.16. The molecular weight excluding hydrogens is 288 g/mol. The average Bonchev–Trinajstić information content (AvgIpc) is 2.58. The van der Waals surface area contributed by atoms with Crippen LogP contribution in [0.3, 0.4) is 0 Å². The van der Waals surface area contributed by atoms with Crippen molar-refractivity contribution in [1.29, 1.82) is 0 Å². The number of ether oxygens (including phenoxy) is 1. The Morgan fingerprint density at radius 1 is 1.17 bits per heavy atom. The molecule has 23 heavy (non-hydrogen) atoms. The molecule has 2 aromatic rings. The molecule has 1 atom stereocenters. The Morgan fingerprint density at radius 3 is 2.74 bits per heavy atom. The Kier molecular flexibility index (Phi) is 5.01. The molecule has 0 spiro atoms. The van der Waals surface area contributed by atoms with Crippen molar-refractivity contribution >= 4 is 16.5 Å². The molecule has 0 amide bonds. The molecule has 0 bridgehead atoms. The van der Waals surface area contributed by atoms with E-state index in [1.165, 1.54) is 19.3 Å². The second kappa shape index (κ2) is 7.36. The lowest BCUT2D eigenvalue weighted by molar-refractivity contribution is 0.132. The Labute approximate surface area is 136 Å². The Morgan fingerprint density at radius 2 is 1.96 bits per heavy atom. The largest absolute Gasteiger partial charge is 0.488 e. The van der Waals surface area contributed by atoms with Gasteiger partial charge < -0.3 is 4.74 Å². The van der Waals surface area contributed by atoms with E-state index in [-0.39, 0.29) is 6.10 Å². The molecule has 2 aromatic carbocycles. The van der Waals surface area contributed by atoms with Gasteiger partial charge in [-0.3, -0.25) is 4.90 Å². The highest BCUT2D eigenvalue weighted by molar-refractivity contribution is 5.92. The van der Waals surface area contributed by atoms with Crippen LogP contribution in [0.2, 0.25) is 0 Å². The van der Waals surface area contributed by atoms with E-state index in [0.717, 1.165) is 30.4 Å². The van der Waals surface area contributed by atoms with Crippen molar-refractivity contribution in [3.05, 3.63) is 46.8 Å². The van der Waals surface area contributed by atoms with Crippen molar-refractivity contribution in [2.24, 2.45) is 5.11 Å². The molecule has 0 radical (unpaired) electrons. The van der Waals surface area contributed by atoms with Gasteiger partial charge in [-0.2, -0.15) is 0 Å². The molecule has 1 unspecified atom stereocenters. The third-order valence-electron chi connectivity index (χ3n) is 4.29. The van der Waals surface area contributed by atoms with Crippen molar-refractivity contribution in [2.75, 3.05) is 19.6 Å². The summed E-state index contributed by atoms with van der Waals surface area (Å²) in [5.41, 5.74) is 9.36. The first-order valence-electron chi connectivity index (χ1n) is 8.24. The maximum Gasteiger partial charge on any atom is 0.137 e. The van der Waals surface area contributed by atoms with Crippen LogP contribution in [0, 0.1) is 0 Å². The predicted octanol–water partition coefficient (Wildman–Crippen LogP) is 5.03. The van der Waals surface area contributed by atoms with Crippen molar-refractivity contribution < 1.29 is 4.74 Å². The maximum absolute atomic E-state index is 8.81. The Bertz CT molecular complexity index is 718. The van der Waals surface area contributed by atoms with Crippen LogP contribution < -0.4 is 4.74 Å². The van der Waals surface area contributed by atoms with Crippen molar-refractivity contribution in [3.63, 3.8) is 0 Å². The van der Waals surface area contributed by atoms with E-state index in [2.05, 4.69) is 21.8 Å². The van der Waals surface area contributed by atoms with Crippen molar-refractivity contribution in [3.8, 4) is 5.75 Å². The quantitative estimate of drug-likeness (QED) is 0.441. The number of hydrogen-bond acceptors (Lipinski definition) is 3. The minimum absolute atomic E-state index is 0.0477. The van der Waals surface area contributed by atoms with Gasteiger partial charge in [0.2, 0.25) is 0 Å². The number of azide groups is 1. The van der Waals surface area contributed by atoms with Gasteiger partial charge >= 0.3 is 0 Å². The van der Waals surface area contributed by atoms with Crippen LogP contribution in [0.15, 0.2) is 41.5 Å². The van der Waals surface area contributed by atoms with E-state index >= 15 is 0 Å². The summed E-state index contributed by atoms with van der Waals surface area (Å²) in [6.07, 6.45) is 3.91. The third-order valence-corrected chi connectivity index (χ3v) is 4.29. The molecule has 120 valence electrons. The van der Waals surface area contributed by atoms with Crippen molar-refractivity contribution in [1.82, 2.24) is 4.90 Å². The molecule has 0 saturated carbocycles. The molecule has 1 saturated heterocycles. The molecule has 0 aliphatic carbocycles. The maximum atomic E-state index is 8.81. The number of fused-ring (bicyclic) bond motifs is 1. The lowest BCUT2D eigenvalue weighted by Gasteiger charge is -2.29. The summed E-state index contributed by atoms with van der Waals surface area (Å²) >= 11 is 0. The fourth-order valence-electron chi connectivity index (χ4n) is 3.23. The molecule has 1 aliphatic rings. The van der Waals surface area contributed by atoms with Gasteiger partial charge in [-0.05, 0) is 49.8 Å². The average molecular weight is 310 g/mol. The van der Waals surface area contributed by atoms with Gasteiger partial charge in [-0.1, -0.05) is 41.9 Å². The van der Waals surface area contributed by atoms with Gasteiger partial charge in [0, 0.05) is 16.8 Å². The van der Waals surface area contributed by atoms with E-state index < -0.39 is 0 Å². The zero-order valence-corrected chi connectivity index (χ0v) is 13.5. The lowest BCUT2D eigenvalue weighted by Crippen LogP contribution is -2.37. The van der Waals surface area contributed by atoms with Crippen LogP contribution in [-0.4, -0.2) is 30.6 Å². The van der Waals surface area contributed by atoms with E-state index in [1.54, 1.807) is 0 Å². The zero-order chi connectivity index (χ0) is 16.1. The number of piperidine rings is 1. The van der Waals surface area contributed by atoms with Crippen LogP contribution in [0.5, 0.6) is 5.75 Å². The van der Waals surface area contributed by atoms with Crippen LogP contribution in [0.4, 0.5) is 5.69 Å². The summed E-state index contributed by atoms with van der Waals surface area (Å²) in [4.78, 5) is 5.38. The van der Waals surface area contributed by atoms with Gasteiger partial charge in [0.15, 0.2) is 0 Å². The summed E-state index contributed by atoms with van der Waals surface area (Å²) in [5.74, 6) is 0.686. The Hall–Kier alpha value is -2.23. The predicted molar refractivity (Wildman–Crippen MR) is 93.1 cm³/mol. The first-order valence-corrected chi connectivity index (χ1v) is 8.24. The van der Waals surface area contributed by atoms with Gasteiger partial charge in [-0.15, -0.1) is 0 Å². The van der Waals surface area contributed by atoms with Gasteiger partial charge in [0.05, 0.1) is 5.69 Å². The van der Waals surface area contributed by atoms with E-state index in [9.17, 15) is 0 Å². The highest BCUT2D eigenvalue weighted by Crippen LogP contribution is 2.36. The van der Waals surface area contributed by atoms with E-state index in [1.807, 2.05) is 36.4 Å². The lowest BCUT2D eigenvalue weighted by atomic mass is 10.1. The van der Waals surface area contributed by atoms with Crippen LogP contribution in [-0.2, 0) is 0 Å². The number of likely N-dealkylation sites (tertiary alicyclic amines) is 1. The molecule has 5 heteroatoms. The normalized spacial score (nSPS) is 16.7. The summed E-state index contributed by atoms with van der Waals surface area (Å²) in [6, 6.07) is 11.8. The fraction of sp³-hybridized carbons (Fsp3) is 0.444. The third kappa shape index (κ3) is 3.76. The standard InChI is InChI=1S/C18H22N4O/c1-14(13-22-11-5-2-6-12-22)23-18-16-8-4-3-7-15(16)9-10-17(18)20-21-19/h3-4,7-10,14H,2,5-6,11-13H2,1H3. The zero-order valence-electron chi connectivity index (χ0n) is 13.5. The summed E-state index contributed by atoms with van der Waals surface area (Å²) in [7, 11) is 0. The van der Waals surface area contributed by atoms with Crippen LogP contribution >= 0.6 is 0 Å². The monoisotopic (exact) mass is 310 g/mol. The second-order valence-electron chi connectivity index (χ2n) is 6.11. The minimum atomic E-state index is 0.0477. The first-order chi connectivity index (χ1) is 11.3.